The van der Waals surface area contributed by atoms with Crippen molar-refractivity contribution in [2.45, 2.75) is 19.9 Å². The number of nitrogens with zero attached hydrogens (tertiary/aromatic N) is 4. The SMILES string of the molecule is CCN1CN(C(=O)NC(C)c2ccccc2-n2cccn2)CC1=O. The van der Waals surface area contributed by atoms with Gasteiger partial charge < -0.3 is 10.2 Å². The maximum Gasteiger partial charge on any atom is 0.319 e. The summed E-state index contributed by atoms with van der Waals surface area (Å²) in [5.74, 6) is -0.0164. The summed E-state index contributed by atoms with van der Waals surface area (Å²) >= 11 is 0. The zero-order chi connectivity index (χ0) is 17.1. The lowest BCUT2D eigenvalue weighted by atomic mass is 10.1. The minimum Gasteiger partial charge on any atom is -0.331 e. The van der Waals surface area contributed by atoms with Gasteiger partial charge >= 0.3 is 6.03 Å². The third-order valence-corrected chi connectivity index (χ3v) is 4.18. The van der Waals surface area contributed by atoms with Crippen molar-refractivity contribution in [2.24, 2.45) is 0 Å². The number of benzene rings is 1. The van der Waals surface area contributed by atoms with Gasteiger partial charge in [0, 0.05) is 18.9 Å². The van der Waals surface area contributed by atoms with Crippen LogP contribution in [0, 0.1) is 0 Å². The molecule has 1 N–H and O–H groups in total. The smallest absolute Gasteiger partial charge is 0.319 e. The quantitative estimate of drug-likeness (QED) is 0.930. The molecule has 3 amide bonds. The lowest BCUT2D eigenvalue weighted by molar-refractivity contribution is -0.126. The standard InChI is InChI=1S/C17H21N5O2/c1-3-20-12-21(11-16(20)23)17(24)19-13(2)14-7-4-5-8-15(14)22-10-6-9-18-22/h4-10,13H,3,11-12H2,1-2H3,(H,19,24). The Hall–Kier alpha value is -2.83. The second-order valence-electron chi connectivity index (χ2n) is 5.77. The first kappa shape index (κ1) is 16.0. The van der Waals surface area contributed by atoms with Gasteiger partial charge in [0.2, 0.25) is 5.91 Å². The van der Waals surface area contributed by atoms with E-state index in [0.717, 1.165) is 11.3 Å². The number of hydrogen-bond donors (Lipinski definition) is 1. The number of carbonyl (C=O) groups excluding carboxylic acids is 2. The normalized spacial score (nSPS) is 15.7. The highest BCUT2D eigenvalue weighted by atomic mass is 16.2. The summed E-state index contributed by atoms with van der Waals surface area (Å²) in [5.41, 5.74) is 1.88. The molecule has 24 heavy (non-hydrogen) atoms. The van der Waals surface area contributed by atoms with Crippen LogP contribution >= 0.6 is 0 Å². The predicted octanol–water partition coefficient (Wildman–Crippen LogP) is 1.76. The van der Waals surface area contributed by atoms with Crippen molar-refractivity contribution in [3.05, 3.63) is 48.3 Å². The van der Waals surface area contributed by atoms with E-state index in [1.807, 2.05) is 50.4 Å². The van der Waals surface area contributed by atoms with Crippen molar-refractivity contribution in [1.82, 2.24) is 24.9 Å². The molecule has 2 heterocycles. The molecule has 1 saturated heterocycles. The van der Waals surface area contributed by atoms with Gasteiger partial charge in [-0.25, -0.2) is 9.48 Å². The number of rotatable bonds is 4. The predicted molar refractivity (Wildman–Crippen MR) is 89.5 cm³/mol. The first-order valence-corrected chi connectivity index (χ1v) is 8.02. The number of para-hydroxylation sites is 1. The summed E-state index contributed by atoms with van der Waals surface area (Å²) in [6.45, 7) is 4.92. The minimum absolute atomic E-state index is 0.0164. The number of nitrogens with one attached hydrogen (secondary N) is 1. The summed E-state index contributed by atoms with van der Waals surface area (Å²) in [7, 11) is 0. The van der Waals surface area contributed by atoms with Crippen molar-refractivity contribution in [2.75, 3.05) is 19.8 Å². The Balaban J connectivity index is 1.73. The zero-order valence-corrected chi connectivity index (χ0v) is 13.8. The van der Waals surface area contributed by atoms with Crippen molar-refractivity contribution in [3.8, 4) is 5.69 Å². The lowest BCUT2D eigenvalue weighted by Crippen LogP contribution is -2.40. The molecule has 1 aliphatic heterocycles. The Morgan fingerprint density at radius 1 is 1.33 bits per heavy atom. The van der Waals surface area contributed by atoms with Crippen LogP contribution < -0.4 is 5.32 Å². The molecule has 2 aromatic rings. The van der Waals surface area contributed by atoms with E-state index in [1.165, 1.54) is 4.90 Å². The summed E-state index contributed by atoms with van der Waals surface area (Å²) in [4.78, 5) is 27.4. The number of hydrogen-bond acceptors (Lipinski definition) is 3. The fourth-order valence-corrected chi connectivity index (χ4v) is 2.84. The number of amides is 3. The third kappa shape index (κ3) is 3.10. The van der Waals surface area contributed by atoms with E-state index in [0.29, 0.717) is 13.2 Å². The van der Waals surface area contributed by atoms with Gasteiger partial charge in [0.25, 0.3) is 0 Å². The molecule has 3 rings (SSSR count). The molecule has 1 aliphatic rings. The molecule has 7 heteroatoms. The molecular weight excluding hydrogens is 306 g/mol. The van der Waals surface area contributed by atoms with Crippen LogP contribution in [0.25, 0.3) is 5.69 Å². The molecule has 1 aromatic heterocycles. The van der Waals surface area contributed by atoms with E-state index in [9.17, 15) is 9.59 Å². The first-order valence-electron chi connectivity index (χ1n) is 8.02. The molecule has 1 aromatic carbocycles. The van der Waals surface area contributed by atoms with Crippen LogP contribution in [-0.2, 0) is 4.79 Å². The average molecular weight is 327 g/mol. The van der Waals surface area contributed by atoms with E-state index in [-0.39, 0.29) is 24.5 Å². The van der Waals surface area contributed by atoms with Crippen molar-refractivity contribution >= 4 is 11.9 Å². The summed E-state index contributed by atoms with van der Waals surface area (Å²) in [6, 6.07) is 9.22. The summed E-state index contributed by atoms with van der Waals surface area (Å²) < 4.78 is 1.77. The molecule has 1 unspecified atom stereocenters. The Labute approximate surface area is 140 Å². The lowest BCUT2D eigenvalue weighted by Gasteiger charge is -2.22. The first-order chi connectivity index (χ1) is 11.6. The fourth-order valence-electron chi connectivity index (χ4n) is 2.84. The van der Waals surface area contributed by atoms with E-state index >= 15 is 0 Å². The maximum atomic E-state index is 12.4. The maximum absolute atomic E-state index is 12.4. The Morgan fingerprint density at radius 3 is 2.79 bits per heavy atom. The number of urea groups is 1. The Morgan fingerprint density at radius 2 is 2.12 bits per heavy atom. The molecule has 0 saturated carbocycles. The van der Waals surface area contributed by atoms with E-state index in [1.54, 1.807) is 15.8 Å². The highest BCUT2D eigenvalue weighted by Gasteiger charge is 2.30. The number of aromatic nitrogens is 2. The van der Waals surface area contributed by atoms with Gasteiger partial charge in [0.1, 0.15) is 6.54 Å². The molecule has 1 atom stereocenters. The second kappa shape index (κ2) is 6.74. The number of likely N-dealkylation sites (N-methyl/N-ethyl adjacent to an activating group) is 1. The Bertz CT molecular complexity index is 728. The number of carbonyl (C=O) groups is 2. The van der Waals surface area contributed by atoms with Crippen molar-refractivity contribution in [1.29, 1.82) is 0 Å². The van der Waals surface area contributed by atoms with Crippen LogP contribution in [0.2, 0.25) is 0 Å². The molecule has 0 bridgehead atoms. The highest BCUT2D eigenvalue weighted by molar-refractivity contribution is 5.87. The van der Waals surface area contributed by atoms with E-state index < -0.39 is 0 Å². The fraction of sp³-hybridized carbons (Fsp3) is 0.353. The van der Waals surface area contributed by atoms with Crippen LogP contribution in [-0.4, -0.2) is 51.3 Å². The molecule has 0 radical (unpaired) electrons. The van der Waals surface area contributed by atoms with Gasteiger partial charge in [-0.3, -0.25) is 9.69 Å². The van der Waals surface area contributed by atoms with Gasteiger partial charge in [0.15, 0.2) is 0 Å². The molecule has 126 valence electrons. The van der Waals surface area contributed by atoms with Gasteiger partial charge in [-0.05, 0) is 31.5 Å². The summed E-state index contributed by atoms with van der Waals surface area (Å²) in [6.07, 6.45) is 3.58. The molecular formula is C17H21N5O2. The topological polar surface area (TPSA) is 70.5 Å². The average Bonchev–Trinajstić information content (AvgIpc) is 3.24. The van der Waals surface area contributed by atoms with E-state index in [4.69, 9.17) is 0 Å². The van der Waals surface area contributed by atoms with Crippen LogP contribution in [0.15, 0.2) is 42.7 Å². The van der Waals surface area contributed by atoms with Crippen LogP contribution in [0.1, 0.15) is 25.5 Å². The van der Waals surface area contributed by atoms with Crippen LogP contribution in [0.5, 0.6) is 0 Å². The largest absolute Gasteiger partial charge is 0.331 e. The van der Waals surface area contributed by atoms with Crippen LogP contribution in [0.3, 0.4) is 0 Å². The third-order valence-electron chi connectivity index (χ3n) is 4.18. The van der Waals surface area contributed by atoms with Crippen LogP contribution in [0.4, 0.5) is 4.79 Å². The molecule has 0 aliphatic carbocycles. The minimum atomic E-state index is -0.234. The van der Waals surface area contributed by atoms with Gasteiger partial charge in [0.05, 0.1) is 18.4 Å². The van der Waals surface area contributed by atoms with E-state index in [2.05, 4.69) is 10.4 Å². The molecule has 1 fully saturated rings. The van der Waals surface area contributed by atoms with Gasteiger partial charge in [-0.2, -0.15) is 5.10 Å². The molecule has 0 spiro atoms. The van der Waals surface area contributed by atoms with Crippen molar-refractivity contribution < 1.29 is 9.59 Å². The van der Waals surface area contributed by atoms with Crippen molar-refractivity contribution in [3.63, 3.8) is 0 Å². The van der Waals surface area contributed by atoms with Gasteiger partial charge in [-0.1, -0.05) is 18.2 Å². The zero-order valence-electron chi connectivity index (χ0n) is 13.8. The Kier molecular flexibility index (Phi) is 4.50. The highest BCUT2D eigenvalue weighted by Crippen LogP contribution is 2.21. The summed E-state index contributed by atoms with van der Waals surface area (Å²) in [5, 5.41) is 7.23. The van der Waals surface area contributed by atoms with Gasteiger partial charge in [-0.15, -0.1) is 0 Å². The molecule has 7 nitrogen and oxygen atoms in total. The monoisotopic (exact) mass is 327 g/mol. The second-order valence-corrected chi connectivity index (χ2v) is 5.77.